The second-order valence-electron chi connectivity index (χ2n) is 5.61. The molecule has 0 aliphatic heterocycles. The highest BCUT2D eigenvalue weighted by Crippen LogP contribution is 2.38. The van der Waals surface area contributed by atoms with Crippen LogP contribution in [0, 0.1) is 13.8 Å². The van der Waals surface area contributed by atoms with Crippen molar-refractivity contribution in [3.63, 3.8) is 0 Å². The molecule has 5 nitrogen and oxygen atoms in total. The van der Waals surface area contributed by atoms with E-state index in [9.17, 15) is 4.79 Å². The highest BCUT2D eigenvalue weighted by atomic mass is 16.5. The molecule has 1 aromatic carbocycles. The third-order valence-electron chi connectivity index (χ3n) is 3.66. The average Bonchev–Trinajstić information content (AvgIpc) is 3.26. The minimum absolute atomic E-state index is 0.171. The summed E-state index contributed by atoms with van der Waals surface area (Å²) in [6.07, 6.45) is 2.16. The molecular weight excluding hydrogens is 266 g/mol. The van der Waals surface area contributed by atoms with E-state index in [-0.39, 0.29) is 5.56 Å². The molecule has 0 radical (unpaired) electrons. The molecule has 0 bridgehead atoms. The van der Waals surface area contributed by atoms with Gasteiger partial charge in [0.15, 0.2) is 0 Å². The highest BCUT2D eigenvalue weighted by molar-refractivity contribution is 5.45. The molecule has 1 aliphatic rings. The summed E-state index contributed by atoms with van der Waals surface area (Å²) >= 11 is 0. The van der Waals surface area contributed by atoms with E-state index in [0.717, 1.165) is 41.1 Å². The Kier molecular flexibility index (Phi) is 3.51. The number of hydrogen-bond donors (Lipinski definition) is 2. The molecule has 3 N–H and O–H groups in total. The van der Waals surface area contributed by atoms with Crippen LogP contribution < -0.4 is 16.0 Å². The van der Waals surface area contributed by atoms with Crippen LogP contribution in [0.15, 0.2) is 23.0 Å². The van der Waals surface area contributed by atoms with Crippen molar-refractivity contribution in [3.05, 3.63) is 51.1 Å². The van der Waals surface area contributed by atoms with E-state index >= 15 is 0 Å². The summed E-state index contributed by atoms with van der Waals surface area (Å²) < 4.78 is 5.87. The van der Waals surface area contributed by atoms with Gasteiger partial charge in [-0.05, 0) is 43.4 Å². The number of aryl methyl sites for hydroxylation is 2. The van der Waals surface area contributed by atoms with Crippen LogP contribution in [0.1, 0.15) is 41.3 Å². The maximum Gasteiger partial charge on any atom is 0.254 e. The Labute approximate surface area is 123 Å². The van der Waals surface area contributed by atoms with Gasteiger partial charge in [0.1, 0.15) is 11.6 Å². The maximum atomic E-state index is 11.7. The second kappa shape index (κ2) is 5.33. The Morgan fingerprint density at radius 1 is 1.29 bits per heavy atom. The van der Waals surface area contributed by atoms with Gasteiger partial charge in [-0.15, -0.1) is 0 Å². The first-order valence-electron chi connectivity index (χ1n) is 7.16. The number of aromatic amines is 1. The van der Waals surface area contributed by atoms with E-state index in [1.54, 1.807) is 0 Å². The maximum absolute atomic E-state index is 11.7. The fourth-order valence-corrected chi connectivity index (χ4v) is 2.48. The van der Waals surface area contributed by atoms with E-state index in [0.29, 0.717) is 18.3 Å². The van der Waals surface area contributed by atoms with Gasteiger partial charge in [0.05, 0.1) is 6.07 Å². The van der Waals surface area contributed by atoms with Crippen LogP contribution in [0.3, 0.4) is 0 Å². The lowest BCUT2D eigenvalue weighted by Crippen LogP contribution is -2.10. The summed E-state index contributed by atoms with van der Waals surface area (Å²) in [5.41, 5.74) is 8.55. The monoisotopic (exact) mass is 285 g/mol. The van der Waals surface area contributed by atoms with E-state index in [4.69, 9.17) is 10.5 Å². The van der Waals surface area contributed by atoms with Crippen LogP contribution in [0.4, 0.5) is 0 Å². The number of aromatic nitrogens is 2. The van der Waals surface area contributed by atoms with Gasteiger partial charge < -0.3 is 15.5 Å². The lowest BCUT2D eigenvalue weighted by molar-refractivity contribution is 0.450. The molecule has 1 fully saturated rings. The Balaban J connectivity index is 1.95. The summed E-state index contributed by atoms with van der Waals surface area (Å²) in [6, 6.07) is 5.39. The molecule has 1 aromatic heterocycles. The zero-order chi connectivity index (χ0) is 15.0. The molecule has 0 atom stereocenters. The topological polar surface area (TPSA) is 81.0 Å². The minimum atomic E-state index is -0.171. The third-order valence-corrected chi connectivity index (χ3v) is 3.66. The molecule has 110 valence electrons. The normalized spacial score (nSPS) is 14.2. The molecule has 1 saturated carbocycles. The summed E-state index contributed by atoms with van der Waals surface area (Å²) in [6.45, 7) is 4.43. The number of nitrogens with two attached hydrogens (primary N) is 1. The standard InChI is InChI=1S/C16H19N3O2/c1-9-5-11(8-17)6-10(2)15(9)21-14-7-13(20)18-16(19-14)12-3-4-12/h5-7,12H,3-4,8,17H2,1-2H3,(H,18,19,20). The van der Waals surface area contributed by atoms with Gasteiger partial charge in [-0.3, -0.25) is 4.79 Å². The lowest BCUT2D eigenvalue weighted by atomic mass is 10.1. The third kappa shape index (κ3) is 2.97. The molecular formula is C16H19N3O2. The molecule has 1 heterocycles. The zero-order valence-corrected chi connectivity index (χ0v) is 12.3. The van der Waals surface area contributed by atoms with Gasteiger partial charge in [-0.1, -0.05) is 12.1 Å². The van der Waals surface area contributed by atoms with Crippen LogP contribution in [0.5, 0.6) is 11.6 Å². The first-order chi connectivity index (χ1) is 10.1. The number of H-pyrrole nitrogens is 1. The first-order valence-corrected chi connectivity index (χ1v) is 7.16. The SMILES string of the molecule is Cc1cc(CN)cc(C)c1Oc1cc(=O)[nH]c(C2CC2)n1. The molecule has 0 spiro atoms. The van der Waals surface area contributed by atoms with E-state index in [2.05, 4.69) is 9.97 Å². The van der Waals surface area contributed by atoms with Crippen molar-refractivity contribution < 1.29 is 4.74 Å². The van der Waals surface area contributed by atoms with E-state index in [1.807, 2.05) is 26.0 Å². The van der Waals surface area contributed by atoms with Crippen LogP contribution in [0.2, 0.25) is 0 Å². The Morgan fingerprint density at radius 2 is 1.95 bits per heavy atom. The van der Waals surface area contributed by atoms with Crippen LogP contribution in [-0.4, -0.2) is 9.97 Å². The quantitative estimate of drug-likeness (QED) is 0.904. The number of nitrogens with zero attached hydrogens (tertiary/aromatic N) is 1. The Hall–Kier alpha value is -2.14. The van der Waals surface area contributed by atoms with Crippen molar-refractivity contribution in [2.24, 2.45) is 5.73 Å². The summed E-state index contributed by atoms with van der Waals surface area (Å²) in [5, 5.41) is 0. The molecule has 2 aromatic rings. The van der Waals surface area contributed by atoms with E-state index < -0.39 is 0 Å². The zero-order valence-electron chi connectivity index (χ0n) is 12.3. The second-order valence-corrected chi connectivity index (χ2v) is 5.61. The first kappa shape index (κ1) is 13.8. The smallest absolute Gasteiger partial charge is 0.254 e. The molecule has 0 unspecified atom stereocenters. The largest absolute Gasteiger partial charge is 0.438 e. The minimum Gasteiger partial charge on any atom is -0.438 e. The fourth-order valence-electron chi connectivity index (χ4n) is 2.48. The summed E-state index contributed by atoms with van der Waals surface area (Å²) in [7, 11) is 0. The van der Waals surface area contributed by atoms with Gasteiger partial charge in [-0.2, -0.15) is 4.98 Å². The molecule has 21 heavy (non-hydrogen) atoms. The Bertz CT molecular complexity index is 710. The number of benzene rings is 1. The predicted molar refractivity (Wildman–Crippen MR) is 80.7 cm³/mol. The number of nitrogens with one attached hydrogen (secondary N) is 1. The number of ether oxygens (including phenoxy) is 1. The predicted octanol–water partition coefficient (Wildman–Crippen LogP) is 2.52. The number of hydrogen-bond acceptors (Lipinski definition) is 4. The molecule has 3 rings (SSSR count). The highest BCUT2D eigenvalue weighted by Gasteiger charge is 2.26. The van der Waals surface area contributed by atoms with Gasteiger partial charge >= 0.3 is 0 Å². The van der Waals surface area contributed by atoms with Gasteiger partial charge in [0.25, 0.3) is 5.56 Å². The fraction of sp³-hybridized carbons (Fsp3) is 0.375. The molecule has 1 aliphatic carbocycles. The summed E-state index contributed by atoms with van der Waals surface area (Å²) in [4.78, 5) is 18.9. The van der Waals surface area contributed by atoms with Crippen LogP contribution in [0.25, 0.3) is 0 Å². The van der Waals surface area contributed by atoms with Crippen molar-refractivity contribution >= 4 is 0 Å². The summed E-state index contributed by atoms with van der Waals surface area (Å²) in [5.74, 6) is 2.20. The number of rotatable bonds is 4. The molecule has 0 saturated heterocycles. The van der Waals surface area contributed by atoms with Crippen molar-refractivity contribution in [1.82, 2.24) is 9.97 Å². The van der Waals surface area contributed by atoms with Gasteiger partial charge in [0.2, 0.25) is 5.88 Å². The van der Waals surface area contributed by atoms with Gasteiger partial charge in [-0.25, -0.2) is 0 Å². The van der Waals surface area contributed by atoms with Crippen LogP contribution in [-0.2, 0) is 6.54 Å². The van der Waals surface area contributed by atoms with Crippen molar-refractivity contribution in [1.29, 1.82) is 0 Å². The Morgan fingerprint density at radius 3 is 2.52 bits per heavy atom. The van der Waals surface area contributed by atoms with Crippen molar-refractivity contribution in [2.75, 3.05) is 0 Å². The van der Waals surface area contributed by atoms with Crippen LogP contribution >= 0.6 is 0 Å². The molecule has 0 amide bonds. The average molecular weight is 285 g/mol. The lowest BCUT2D eigenvalue weighted by Gasteiger charge is -2.13. The van der Waals surface area contributed by atoms with E-state index in [1.165, 1.54) is 6.07 Å². The van der Waals surface area contributed by atoms with Crippen molar-refractivity contribution in [2.45, 2.75) is 39.2 Å². The molecule has 5 heteroatoms. The van der Waals surface area contributed by atoms with Gasteiger partial charge in [0, 0.05) is 12.5 Å². The van der Waals surface area contributed by atoms with Crippen molar-refractivity contribution in [3.8, 4) is 11.6 Å².